The van der Waals surface area contributed by atoms with Crippen molar-refractivity contribution in [2.75, 3.05) is 13.2 Å². The van der Waals surface area contributed by atoms with E-state index in [-0.39, 0.29) is 5.04 Å². The molecule has 0 aliphatic carbocycles. The molecule has 1 rings (SSSR count). The summed E-state index contributed by atoms with van der Waals surface area (Å²) in [6.07, 6.45) is 4.36. The molecule has 0 spiro atoms. The summed E-state index contributed by atoms with van der Waals surface area (Å²) in [4.78, 5) is 4.10. The molecule has 0 radical (unpaired) electrons. The number of nitrogens with zero attached hydrogens (tertiary/aromatic N) is 1. The van der Waals surface area contributed by atoms with Crippen LogP contribution in [0.3, 0.4) is 0 Å². The van der Waals surface area contributed by atoms with Crippen LogP contribution in [-0.4, -0.2) is 26.5 Å². The van der Waals surface area contributed by atoms with Crippen molar-refractivity contribution in [2.45, 2.75) is 51.9 Å². The van der Waals surface area contributed by atoms with Crippen molar-refractivity contribution in [1.82, 2.24) is 4.98 Å². The maximum absolute atomic E-state index is 6.10. The molecule has 0 aromatic carbocycles. The van der Waals surface area contributed by atoms with Crippen molar-refractivity contribution in [3.8, 4) is 5.75 Å². The van der Waals surface area contributed by atoms with Crippen molar-refractivity contribution in [3.05, 3.63) is 24.0 Å². The summed E-state index contributed by atoms with van der Waals surface area (Å²) in [6, 6.07) is 1.93. The zero-order valence-electron chi connectivity index (χ0n) is 13.4. The Morgan fingerprint density at radius 1 is 1.20 bits per heavy atom. The zero-order chi connectivity index (χ0) is 15.2. The molecule has 0 amide bonds. The molecule has 5 heteroatoms. The van der Waals surface area contributed by atoms with Gasteiger partial charge in [-0.3, -0.25) is 4.98 Å². The lowest BCUT2D eigenvalue weighted by Gasteiger charge is -2.36. The van der Waals surface area contributed by atoms with Gasteiger partial charge in [0.1, 0.15) is 5.75 Å². The van der Waals surface area contributed by atoms with Gasteiger partial charge < -0.3 is 14.9 Å². The van der Waals surface area contributed by atoms with E-state index in [9.17, 15) is 0 Å². The Bertz CT molecular complexity index is 417. The molecular formula is C15H28N2O2Si. The Morgan fingerprint density at radius 2 is 1.90 bits per heavy atom. The van der Waals surface area contributed by atoms with Gasteiger partial charge in [-0.25, -0.2) is 0 Å². The van der Waals surface area contributed by atoms with E-state index >= 15 is 0 Å². The summed E-state index contributed by atoms with van der Waals surface area (Å²) in [5.74, 6) is 0.778. The smallest absolute Gasteiger partial charge is 0.191 e. The first-order valence-corrected chi connectivity index (χ1v) is 10.1. The first-order valence-electron chi connectivity index (χ1n) is 7.17. The number of aromatic nitrogens is 1. The van der Waals surface area contributed by atoms with Crippen LogP contribution in [0, 0.1) is 0 Å². The average molecular weight is 296 g/mol. The molecule has 0 saturated heterocycles. The van der Waals surface area contributed by atoms with E-state index < -0.39 is 8.32 Å². The van der Waals surface area contributed by atoms with Crippen LogP contribution in [0.15, 0.2) is 18.5 Å². The molecule has 114 valence electrons. The highest BCUT2D eigenvalue weighted by molar-refractivity contribution is 6.74. The van der Waals surface area contributed by atoms with E-state index in [1.54, 1.807) is 12.4 Å². The second-order valence-corrected chi connectivity index (χ2v) is 11.4. The summed E-state index contributed by atoms with van der Waals surface area (Å²) >= 11 is 0. The van der Waals surface area contributed by atoms with Crippen LogP contribution in [0.4, 0.5) is 0 Å². The topological polar surface area (TPSA) is 57.4 Å². The molecule has 20 heavy (non-hydrogen) atoms. The minimum absolute atomic E-state index is 0.257. The predicted molar refractivity (Wildman–Crippen MR) is 85.4 cm³/mol. The van der Waals surface area contributed by atoms with Crippen LogP contribution < -0.4 is 10.5 Å². The van der Waals surface area contributed by atoms with Crippen molar-refractivity contribution in [2.24, 2.45) is 5.73 Å². The maximum atomic E-state index is 6.10. The normalized spacial score (nSPS) is 12.5. The molecule has 0 atom stereocenters. The molecule has 0 fully saturated rings. The van der Waals surface area contributed by atoms with Crippen molar-refractivity contribution < 1.29 is 9.16 Å². The van der Waals surface area contributed by atoms with Crippen LogP contribution >= 0.6 is 0 Å². The van der Waals surface area contributed by atoms with Crippen LogP contribution in [-0.2, 0) is 11.0 Å². The Morgan fingerprint density at radius 3 is 2.50 bits per heavy atom. The van der Waals surface area contributed by atoms with E-state index in [2.05, 4.69) is 38.8 Å². The lowest BCUT2D eigenvalue weighted by atomic mass is 10.2. The van der Waals surface area contributed by atoms with Gasteiger partial charge in [-0.2, -0.15) is 0 Å². The van der Waals surface area contributed by atoms with Gasteiger partial charge in [-0.05, 0) is 29.8 Å². The van der Waals surface area contributed by atoms with Crippen LogP contribution in [0.25, 0.3) is 0 Å². The predicted octanol–water partition coefficient (Wildman–Crippen LogP) is 3.33. The first kappa shape index (κ1) is 17.1. The Labute approximate surface area is 123 Å². The lowest BCUT2D eigenvalue weighted by molar-refractivity contribution is 0.233. The molecule has 1 aromatic rings. The van der Waals surface area contributed by atoms with Crippen molar-refractivity contribution in [1.29, 1.82) is 0 Å². The summed E-state index contributed by atoms with van der Waals surface area (Å²) in [5, 5.41) is 0.257. The molecule has 0 aliphatic rings. The van der Waals surface area contributed by atoms with Crippen molar-refractivity contribution >= 4 is 8.32 Å². The van der Waals surface area contributed by atoms with E-state index in [1.165, 1.54) is 0 Å². The number of ether oxygens (including phenoxy) is 1. The third-order valence-electron chi connectivity index (χ3n) is 3.83. The highest BCUT2D eigenvalue weighted by atomic mass is 28.4. The van der Waals surface area contributed by atoms with E-state index in [1.807, 2.05) is 6.07 Å². The standard InChI is InChI=1S/C15H28N2O2Si/c1-15(2,3)20(4,5)19-8-6-7-18-14-9-13(10-16)11-17-12-14/h9,11-12H,6-8,10,16H2,1-5H3. The van der Waals surface area contributed by atoms with Crippen molar-refractivity contribution in [3.63, 3.8) is 0 Å². The highest BCUT2D eigenvalue weighted by Crippen LogP contribution is 2.36. The molecule has 1 heterocycles. The van der Waals surface area contributed by atoms with Crippen LogP contribution in [0.5, 0.6) is 5.75 Å². The third kappa shape index (κ3) is 5.23. The summed E-state index contributed by atoms with van der Waals surface area (Å²) in [6.45, 7) is 13.2. The Hall–Kier alpha value is -0.913. The fourth-order valence-electron chi connectivity index (χ4n) is 1.45. The quantitative estimate of drug-likeness (QED) is 0.619. The summed E-state index contributed by atoms with van der Waals surface area (Å²) in [7, 11) is -1.63. The van der Waals surface area contributed by atoms with Gasteiger partial charge in [0.05, 0.1) is 12.8 Å². The molecular weight excluding hydrogens is 268 g/mol. The first-order chi connectivity index (χ1) is 9.26. The Balaban J connectivity index is 2.29. The number of pyridine rings is 1. The van der Waals surface area contributed by atoms with E-state index in [0.717, 1.165) is 24.3 Å². The molecule has 0 unspecified atom stereocenters. The van der Waals surface area contributed by atoms with Gasteiger partial charge in [0.15, 0.2) is 8.32 Å². The molecule has 0 bridgehead atoms. The molecule has 1 aromatic heterocycles. The van der Waals surface area contributed by atoms with Crippen LogP contribution in [0.1, 0.15) is 32.8 Å². The van der Waals surface area contributed by atoms with Gasteiger partial charge in [0, 0.05) is 25.8 Å². The SMILES string of the molecule is CC(C)(C)[Si](C)(C)OCCCOc1cncc(CN)c1. The minimum Gasteiger partial charge on any atom is -0.492 e. The average Bonchev–Trinajstić information content (AvgIpc) is 2.37. The second-order valence-electron chi connectivity index (χ2n) is 6.54. The number of hydrogen-bond acceptors (Lipinski definition) is 4. The highest BCUT2D eigenvalue weighted by Gasteiger charge is 2.36. The number of hydrogen-bond donors (Lipinski definition) is 1. The molecule has 0 saturated carbocycles. The lowest BCUT2D eigenvalue weighted by Crippen LogP contribution is -2.41. The molecule has 0 aliphatic heterocycles. The molecule has 2 N–H and O–H groups in total. The van der Waals surface area contributed by atoms with Gasteiger partial charge in [0.25, 0.3) is 0 Å². The second kappa shape index (κ2) is 7.20. The third-order valence-corrected chi connectivity index (χ3v) is 8.37. The van der Waals surface area contributed by atoms with Crippen LogP contribution in [0.2, 0.25) is 18.1 Å². The summed E-state index contributed by atoms with van der Waals surface area (Å²) < 4.78 is 11.8. The fourth-order valence-corrected chi connectivity index (χ4v) is 2.53. The van der Waals surface area contributed by atoms with E-state index in [4.69, 9.17) is 14.9 Å². The van der Waals surface area contributed by atoms with Gasteiger partial charge in [-0.15, -0.1) is 0 Å². The van der Waals surface area contributed by atoms with Gasteiger partial charge in [0.2, 0.25) is 0 Å². The maximum Gasteiger partial charge on any atom is 0.191 e. The monoisotopic (exact) mass is 296 g/mol. The van der Waals surface area contributed by atoms with E-state index in [0.29, 0.717) is 13.2 Å². The Kier molecular flexibility index (Phi) is 6.17. The van der Waals surface area contributed by atoms with Gasteiger partial charge >= 0.3 is 0 Å². The largest absolute Gasteiger partial charge is 0.492 e. The summed E-state index contributed by atoms with van der Waals surface area (Å²) in [5.41, 5.74) is 6.56. The number of nitrogens with two attached hydrogens (primary N) is 1. The number of rotatable bonds is 7. The zero-order valence-corrected chi connectivity index (χ0v) is 14.4. The molecule has 4 nitrogen and oxygen atoms in total. The fraction of sp³-hybridized carbons (Fsp3) is 0.667. The minimum atomic E-state index is -1.63. The van der Waals surface area contributed by atoms with Gasteiger partial charge in [-0.1, -0.05) is 20.8 Å².